The highest BCUT2D eigenvalue weighted by atomic mass is 19.1. The fraction of sp³-hybridized carbons (Fsp3) is 0.517. The van der Waals surface area contributed by atoms with Crippen LogP contribution in [0, 0.1) is 46.7 Å². The molecule has 812 valence electrons. The minimum absolute atomic E-state index is 0.148. The molecule has 4 aromatic heterocycles. The molecule has 4 aliphatic rings. The van der Waals surface area contributed by atoms with E-state index in [1.165, 1.54) is 35.4 Å². The maximum Gasteiger partial charge on any atom is 0.257 e. The zero-order valence-corrected chi connectivity index (χ0v) is 89.8. The first-order valence-electron chi connectivity index (χ1n) is 54.4. The van der Waals surface area contributed by atoms with E-state index in [1.807, 2.05) is 27.7 Å². The van der Waals surface area contributed by atoms with Crippen molar-refractivity contribution in [3.8, 4) is 0 Å². The highest BCUT2D eigenvalue weighted by Crippen LogP contribution is 2.30. The summed E-state index contributed by atoms with van der Waals surface area (Å²) in [7, 11) is 0. The SMILES string of the molecule is CCCN(Cc1nc2cc(CNCCCN3CCOCC3)ccc2n1CCC)C(=O)c1cc(F)ccc1F.CCCN(Cc1nc2cc(CNCCCN3CCOCC3)ccc2n1CCC)C(=O)c1cccc(F)c1.CCCn1c(CN(CC(C)C)C(=O)c2cc(F)ccc2F)nc2cc(CNCCN3CCOCC3)ccc21.CCCn1c(CN(CC(C)C)C(=O)c2cccc(F)c2)nc2cc(CNCCN3CCOCC3)ccc21. The predicted octanol–water partition coefficient (Wildman–Crippen LogP) is 17.8. The highest BCUT2D eigenvalue weighted by molar-refractivity contribution is 5.96. The number of aryl methyl sites for hydroxylation is 4. The Kier molecular flexibility index (Phi) is 46.4. The number of fused-ring (bicyclic) bond motifs is 4. The summed E-state index contributed by atoms with van der Waals surface area (Å²) < 4.78 is 114. The normalized spacial score (nSPS) is 14.4. The molecule has 150 heavy (non-hydrogen) atoms. The number of hydrogen-bond donors (Lipinski definition) is 4. The number of hydrogen-bond acceptors (Lipinski definition) is 20. The average molecular weight is 2070 g/mol. The third kappa shape index (κ3) is 34.3. The summed E-state index contributed by atoms with van der Waals surface area (Å²) in [6, 6.07) is 43.3. The zero-order chi connectivity index (χ0) is 106. The Labute approximate surface area is 881 Å². The van der Waals surface area contributed by atoms with Gasteiger partial charge in [0.05, 0.1) is 134 Å². The van der Waals surface area contributed by atoms with Gasteiger partial charge in [0.1, 0.15) is 58.2 Å². The molecule has 34 heteroatoms. The van der Waals surface area contributed by atoms with Crippen LogP contribution in [0.1, 0.15) is 208 Å². The third-order valence-corrected chi connectivity index (χ3v) is 27.0. The van der Waals surface area contributed by atoms with Crippen molar-refractivity contribution in [1.82, 2.24) is 98.7 Å². The lowest BCUT2D eigenvalue weighted by atomic mass is 10.1. The maximum atomic E-state index is 14.5. The zero-order valence-electron chi connectivity index (χ0n) is 89.8. The van der Waals surface area contributed by atoms with Crippen LogP contribution >= 0.6 is 0 Å². The number of imidazole rings is 4. The molecule has 28 nitrogen and oxygen atoms in total. The number of carbonyl (C=O) groups excluding carboxylic acids is 4. The molecule has 0 aliphatic carbocycles. The fourth-order valence-corrected chi connectivity index (χ4v) is 19.6. The number of carbonyl (C=O) groups is 4. The van der Waals surface area contributed by atoms with E-state index in [0.717, 1.165) is 370 Å². The number of morpholine rings is 4. The van der Waals surface area contributed by atoms with E-state index >= 15 is 0 Å². The van der Waals surface area contributed by atoms with Crippen molar-refractivity contribution in [2.24, 2.45) is 11.8 Å². The third-order valence-electron chi connectivity index (χ3n) is 27.0. The maximum absolute atomic E-state index is 14.5. The molecule has 4 fully saturated rings. The first kappa shape index (κ1) is 116. The number of ether oxygens (including phenoxy) is 4. The van der Waals surface area contributed by atoms with E-state index in [0.29, 0.717) is 56.8 Å². The molecule has 4 saturated heterocycles. The number of halogens is 6. The Morgan fingerprint density at radius 3 is 0.900 bits per heavy atom. The second-order valence-electron chi connectivity index (χ2n) is 40.1. The number of aromatic nitrogens is 8. The summed E-state index contributed by atoms with van der Waals surface area (Å²) in [6.07, 6.45) is 7.45. The topological polar surface area (TPSA) is 251 Å². The van der Waals surface area contributed by atoms with Gasteiger partial charge < -0.3 is 78.1 Å². The van der Waals surface area contributed by atoms with Gasteiger partial charge in [0.25, 0.3) is 23.6 Å². The van der Waals surface area contributed by atoms with Crippen molar-refractivity contribution in [2.45, 2.75) is 199 Å². The molecule has 0 unspecified atom stereocenters. The standard InChI is InChI=1S/2C29H39F2N5O2.2C29H40FN5O2/c1-4-10-36-27-8-5-22(18-32-9-11-34-12-14-38-15-13-34)16-26(27)33-28(36)20-35(19-21(2)3)29(37)24-17-23(30)6-7-25(24)31;1-3-11-35(29(37)24-19-23(30)7-8-25(24)31)21-28-33-26-18-22(6-9-27(26)36(28)12-4-2)20-32-10-5-13-34-14-16-38-17-15-34;1-4-11-35-27-9-8-23(19-31-10-12-33-13-15-37-16-14-33)17-26(27)32-28(35)21-34(20-22(2)3)29(36)24-6-5-7-25(30)18-24;1-3-12-34(29(36)24-7-5-8-25(30)20-24)22-28-32-26-19-23(9-10-27(26)35(28)13-4-2)21-31-11-6-14-33-15-17-37-18-16-33/h5-8,16-17,21,32H,4,9-15,18-20H2,1-3H3;6-9,18-19,32H,3-5,10-17,20-21H2,1-2H3;5-9,17-18,22,31H,4,10-16,19-21H2,1-3H3;5,7-10,19-20,31H,3-4,6,11-18,21-22H2,1-2H3. The largest absolute Gasteiger partial charge is 0.379 e. The Morgan fingerprint density at radius 2 is 0.593 bits per heavy atom. The van der Waals surface area contributed by atoms with Crippen LogP contribution in [-0.2, 0) is 97.5 Å². The lowest BCUT2D eigenvalue weighted by Crippen LogP contribution is -2.40. The van der Waals surface area contributed by atoms with E-state index in [9.17, 15) is 45.5 Å². The molecule has 16 rings (SSSR count). The van der Waals surface area contributed by atoms with Gasteiger partial charge in [-0.25, -0.2) is 46.3 Å². The molecule has 0 atom stereocenters. The van der Waals surface area contributed by atoms with Crippen LogP contribution in [0.2, 0.25) is 0 Å². The summed E-state index contributed by atoms with van der Waals surface area (Å²) in [4.78, 5) is 89.2. The van der Waals surface area contributed by atoms with E-state index in [1.54, 1.807) is 43.9 Å². The number of rotatable bonds is 50. The molecule has 0 spiro atoms. The van der Waals surface area contributed by atoms with E-state index in [2.05, 4.69) is 173 Å². The van der Waals surface area contributed by atoms with Crippen molar-refractivity contribution >= 4 is 67.8 Å². The number of benzene rings is 8. The Bertz CT molecular complexity index is 6250. The molecule has 0 bridgehead atoms. The Hall–Kier alpha value is -11.4. The van der Waals surface area contributed by atoms with Crippen LogP contribution in [0.25, 0.3) is 44.1 Å². The van der Waals surface area contributed by atoms with Crippen molar-refractivity contribution in [3.63, 3.8) is 0 Å². The minimum atomic E-state index is -0.724. The lowest BCUT2D eigenvalue weighted by molar-refractivity contribution is 0.0374. The van der Waals surface area contributed by atoms with Gasteiger partial charge in [-0.3, -0.25) is 38.8 Å². The first-order chi connectivity index (χ1) is 72.9. The van der Waals surface area contributed by atoms with Crippen LogP contribution in [0.15, 0.2) is 158 Å². The minimum Gasteiger partial charge on any atom is -0.379 e. The summed E-state index contributed by atoms with van der Waals surface area (Å²) >= 11 is 0. The van der Waals surface area contributed by atoms with Gasteiger partial charge in [-0.05, 0) is 233 Å². The van der Waals surface area contributed by atoms with Crippen molar-refractivity contribution in [1.29, 1.82) is 0 Å². The van der Waals surface area contributed by atoms with Gasteiger partial charge in [0.2, 0.25) is 0 Å². The lowest BCUT2D eigenvalue weighted by Gasteiger charge is -2.26. The number of nitrogens with zero attached hydrogens (tertiary/aromatic N) is 16. The van der Waals surface area contributed by atoms with Crippen molar-refractivity contribution in [3.05, 3.63) is 260 Å². The molecular weight excluding hydrogens is 1920 g/mol. The second kappa shape index (κ2) is 60.2. The van der Waals surface area contributed by atoms with Gasteiger partial charge >= 0.3 is 0 Å². The van der Waals surface area contributed by atoms with Crippen LogP contribution in [-0.4, -0.2) is 285 Å². The summed E-state index contributed by atoms with van der Waals surface area (Å²) in [5.74, 6) is -1.28. The highest BCUT2D eigenvalue weighted by Gasteiger charge is 2.30. The second-order valence-corrected chi connectivity index (χ2v) is 40.1. The first-order valence-corrected chi connectivity index (χ1v) is 54.4. The molecule has 4 amide bonds. The van der Waals surface area contributed by atoms with Gasteiger partial charge in [0.15, 0.2) is 0 Å². The Balaban J connectivity index is 0.000000167. The molecule has 8 heterocycles. The number of nitrogens with one attached hydrogen (secondary N) is 4. The van der Waals surface area contributed by atoms with Gasteiger partial charge in [-0.15, -0.1) is 0 Å². The van der Waals surface area contributed by atoms with E-state index < -0.39 is 46.7 Å². The molecule has 0 saturated carbocycles. The molecule has 0 radical (unpaired) electrons. The molecular formula is C116H158F6N20O8. The van der Waals surface area contributed by atoms with E-state index in [4.69, 9.17) is 38.9 Å². The van der Waals surface area contributed by atoms with Crippen LogP contribution < -0.4 is 21.3 Å². The average Bonchev–Trinajstić information content (AvgIpc) is 1.65. The quantitative estimate of drug-likeness (QED) is 0.0204. The van der Waals surface area contributed by atoms with Crippen LogP contribution in [0.5, 0.6) is 0 Å². The van der Waals surface area contributed by atoms with Crippen molar-refractivity contribution in [2.75, 3.05) is 184 Å². The molecule has 4 aliphatic heterocycles. The van der Waals surface area contributed by atoms with Crippen molar-refractivity contribution < 1.29 is 64.5 Å². The monoisotopic (exact) mass is 2070 g/mol. The van der Waals surface area contributed by atoms with Crippen LogP contribution in [0.3, 0.4) is 0 Å². The fourth-order valence-electron chi connectivity index (χ4n) is 19.6. The number of amides is 4. The van der Waals surface area contributed by atoms with Gasteiger partial charge in [-0.2, -0.15) is 0 Å². The van der Waals surface area contributed by atoms with Gasteiger partial charge in [-0.1, -0.05) is 106 Å². The molecule has 4 N–H and O–H groups in total. The summed E-state index contributed by atoms with van der Waals surface area (Å²) in [5.41, 5.74) is 12.7. The predicted molar refractivity (Wildman–Crippen MR) is 580 cm³/mol. The smallest absolute Gasteiger partial charge is 0.257 e. The summed E-state index contributed by atoms with van der Waals surface area (Å²) in [6.45, 7) is 52.7. The van der Waals surface area contributed by atoms with Gasteiger partial charge in [0, 0.05) is 168 Å². The van der Waals surface area contributed by atoms with E-state index in [-0.39, 0.29) is 47.9 Å². The summed E-state index contributed by atoms with van der Waals surface area (Å²) in [5, 5.41) is 14.2. The molecule has 12 aromatic rings. The molecule has 8 aromatic carbocycles. The van der Waals surface area contributed by atoms with Crippen LogP contribution in [0.4, 0.5) is 26.3 Å². The Morgan fingerprint density at radius 1 is 0.313 bits per heavy atom.